The number of carboxylic acid groups (broad SMARTS) is 1. The van der Waals surface area contributed by atoms with Crippen LogP contribution in [0, 0.1) is 0 Å². The van der Waals surface area contributed by atoms with Gasteiger partial charge in [0.2, 0.25) is 0 Å². The number of carbonyl (C=O) groups is 1. The Morgan fingerprint density at radius 1 is 1.45 bits per heavy atom. The molecule has 2 heterocycles. The van der Waals surface area contributed by atoms with Crippen LogP contribution in [0.5, 0.6) is 0 Å². The minimum absolute atomic E-state index is 0.425. The van der Waals surface area contributed by atoms with Crippen LogP contribution in [0.1, 0.15) is 33.7 Å². The lowest BCUT2D eigenvalue weighted by molar-refractivity contribution is 0.0700. The van der Waals surface area contributed by atoms with Crippen molar-refractivity contribution < 1.29 is 9.90 Å². The molecule has 0 amide bonds. The molecule has 1 saturated heterocycles. The van der Waals surface area contributed by atoms with Gasteiger partial charge in [-0.15, -0.1) is 11.3 Å². The van der Waals surface area contributed by atoms with E-state index in [4.69, 9.17) is 0 Å². The highest BCUT2D eigenvalue weighted by Gasteiger charge is 2.25. The molecule has 0 saturated carbocycles. The van der Waals surface area contributed by atoms with Gasteiger partial charge in [0.25, 0.3) is 0 Å². The van der Waals surface area contributed by atoms with Crippen LogP contribution in [-0.4, -0.2) is 65.6 Å². The van der Waals surface area contributed by atoms with Gasteiger partial charge in [-0.25, -0.2) is 9.78 Å². The molecule has 1 aliphatic rings. The molecule has 2 rings (SSSR count). The fourth-order valence-electron chi connectivity index (χ4n) is 2.58. The summed E-state index contributed by atoms with van der Waals surface area (Å²) in [5, 5.41) is 10.2. The number of likely N-dealkylation sites (N-methyl/N-ethyl adjacent to an activating group) is 2. The second kappa shape index (κ2) is 6.65. The largest absolute Gasteiger partial charge is 0.477 e. The Labute approximate surface area is 124 Å². The molecule has 0 bridgehead atoms. The van der Waals surface area contributed by atoms with Crippen molar-refractivity contribution in [3.63, 3.8) is 0 Å². The monoisotopic (exact) mass is 297 g/mol. The average molecular weight is 297 g/mol. The van der Waals surface area contributed by atoms with E-state index in [1.807, 2.05) is 0 Å². The molecule has 1 aromatic heterocycles. The second-order valence-corrected chi connectivity index (χ2v) is 6.62. The molecule has 1 aliphatic heterocycles. The zero-order chi connectivity index (χ0) is 14.7. The number of hydrogen-bond acceptors (Lipinski definition) is 5. The van der Waals surface area contributed by atoms with Crippen molar-refractivity contribution >= 4 is 17.3 Å². The Bertz CT molecular complexity index is 475. The summed E-state index contributed by atoms with van der Waals surface area (Å²) in [5.74, 6) is -0.841. The minimum atomic E-state index is -0.841. The molecule has 0 spiro atoms. The van der Waals surface area contributed by atoms with Gasteiger partial charge in [0.15, 0.2) is 0 Å². The molecule has 0 radical (unpaired) electrons. The third kappa shape index (κ3) is 3.56. The van der Waals surface area contributed by atoms with Crippen molar-refractivity contribution in [1.29, 1.82) is 0 Å². The number of aromatic carboxylic acids is 1. The van der Waals surface area contributed by atoms with Gasteiger partial charge >= 0.3 is 5.97 Å². The van der Waals surface area contributed by atoms with Gasteiger partial charge in [-0.3, -0.25) is 0 Å². The Morgan fingerprint density at radius 3 is 2.85 bits per heavy atom. The molecule has 1 N–H and O–H groups in total. The number of thiazole rings is 1. The lowest BCUT2D eigenvalue weighted by Gasteiger charge is -2.37. The number of hydrogen-bond donors (Lipinski definition) is 1. The highest BCUT2D eigenvalue weighted by Crippen LogP contribution is 2.23. The van der Waals surface area contributed by atoms with Gasteiger partial charge in [-0.2, -0.15) is 0 Å². The van der Waals surface area contributed by atoms with E-state index >= 15 is 0 Å². The average Bonchev–Trinajstić information content (AvgIpc) is 2.77. The maximum absolute atomic E-state index is 11.3. The second-order valence-electron chi connectivity index (χ2n) is 5.54. The van der Waals surface area contributed by atoms with Crippen molar-refractivity contribution in [2.75, 3.05) is 33.7 Å². The Kier molecular flexibility index (Phi) is 5.12. The van der Waals surface area contributed by atoms with Gasteiger partial charge in [-0.1, -0.05) is 13.3 Å². The summed E-state index contributed by atoms with van der Waals surface area (Å²) >= 11 is 1.35. The molecule has 5 nitrogen and oxygen atoms in total. The molecule has 1 unspecified atom stereocenters. The number of aromatic nitrogens is 1. The van der Waals surface area contributed by atoms with Crippen LogP contribution >= 0.6 is 11.3 Å². The molecule has 0 aliphatic carbocycles. The molecule has 112 valence electrons. The summed E-state index contributed by atoms with van der Waals surface area (Å²) in [6.07, 6.45) is 2.52. The first-order valence-electron chi connectivity index (χ1n) is 7.12. The van der Waals surface area contributed by atoms with E-state index in [0.29, 0.717) is 10.9 Å². The number of nitrogens with zero attached hydrogens (tertiary/aromatic N) is 3. The van der Waals surface area contributed by atoms with Crippen LogP contribution in [0.3, 0.4) is 0 Å². The first-order chi connectivity index (χ1) is 9.51. The van der Waals surface area contributed by atoms with Crippen LogP contribution in [0.15, 0.2) is 0 Å². The SMILES string of the molecule is CCCc1nc(CC2CN(C)CCN2C)sc1C(=O)O. The van der Waals surface area contributed by atoms with E-state index in [2.05, 4.69) is 35.8 Å². The smallest absolute Gasteiger partial charge is 0.347 e. The Balaban J connectivity index is 2.12. The summed E-state index contributed by atoms with van der Waals surface area (Å²) in [6, 6.07) is 0.427. The molecular weight excluding hydrogens is 274 g/mol. The van der Waals surface area contributed by atoms with Gasteiger partial charge in [0.05, 0.1) is 10.7 Å². The predicted octanol–water partition coefficient (Wildman–Crippen LogP) is 1.58. The van der Waals surface area contributed by atoms with Crippen molar-refractivity contribution in [1.82, 2.24) is 14.8 Å². The molecular formula is C14H23N3O2S. The van der Waals surface area contributed by atoms with Gasteiger partial charge in [0, 0.05) is 32.1 Å². The lowest BCUT2D eigenvalue weighted by atomic mass is 10.1. The summed E-state index contributed by atoms with van der Waals surface area (Å²) in [4.78, 5) is 20.9. The maximum Gasteiger partial charge on any atom is 0.347 e. The minimum Gasteiger partial charge on any atom is -0.477 e. The van der Waals surface area contributed by atoms with Gasteiger partial charge < -0.3 is 14.9 Å². The zero-order valence-corrected chi connectivity index (χ0v) is 13.2. The summed E-state index contributed by atoms with van der Waals surface area (Å²) in [7, 11) is 4.27. The summed E-state index contributed by atoms with van der Waals surface area (Å²) < 4.78 is 0. The van der Waals surface area contributed by atoms with E-state index in [1.165, 1.54) is 11.3 Å². The van der Waals surface area contributed by atoms with E-state index in [9.17, 15) is 9.90 Å². The van der Waals surface area contributed by atoms with Gasteiger partial charge in [0.1, 0.15) is 4.88 Å². The van der Waals surface area contributed by atoms with E-state index in [1.54, 1.807) is 0 Å². The van der Waals surface area contributed by atoms with Crippen molar-refractivity contribution in [3.05, 3.63) is 15.6 Å². The van der Waals surface area contributed by atoms with Crippen LogP contribution in [-0.2, 0) is 12.8 Å². The molecule has 20 heavy (non-hydrogen) atoms. The molecule has 1 fully saturated rings. The van der Waals surface area contributed by atoms with Gasteiger partial charge in [-0.05, 0) is 20.5 Å². The first kappa shape index (κ1) is 15.4. The topological polar surface area (TPSA) is 56.7 Å². The fraction of sp³-hybridized carbons (Fsp3) is 0.714. The molecule has 1 aromatic rings. The summed E-state index contributed by atoms with van der Waals surface area (Å²) in [5.41, 5.74) is 0.756. The quantitative estimate of drug-likeness (QED) is 0.894. The van der Waals surface area contributed by atoms with Crippen molar-refractivity contribution in [2.24, 2.45) is 0 Å². The molecule has 1 atom stereocenters. The highest BCUT2D eigenvalue weighted by atomic mass is 32.1. The molecule has 6 heteroatoms. The Morgan fingerprint density at radius 2 is 2.20 bits per heavy atom. The maximum atomic E-state index is 11.3. The van der Waals surface area contributed by atoms with Crippen LogP contribution < -0.4 is 0 Å². The third-order valence-electron chi connectivity index (χ3n) is 3.81. The number of carboxylic acids is 1. The normalized spacial score (nSPS) is 21.2. The number of aryl methyl sites for hydroxylation is 1. The Hall–Kier alpha value is -0.980. The number of piperazine rings is 1. The highest BCUT2D eigenvalue weighted by molar-refractivity contribution is 7.13. The van der Waals surface area contributed by atoms with Crippen molar-refractivity contribution in [2.45, 2.75) is 32.2 Å². The van der Waals surface area contributed by atoms with E-state index < -0.39 is 5.97 Å². The van der Waals surface area contributed by atoms with E-state index in [-0.39, 0.29) is 0 Å². The fourth-order valence-corrected chi connectivity index (χ4v) is 3.60. The third-order valence-corrected chi connectivity index (χ3v) is 4.92. The standard InChI is InChI=1S/C14H23N3O2S/c1-4-5-11-13(14(18)19)20-12(15-11)8-10-9-16(2)6-7-17(10)3/h10H,4-9H2,1-3H3,(H,18,19). The first-order valence-corrected chi connectivity index (χ1v) is 7.93. The van der Waals surface area contributed by atoms with Crippen LogP contribution in [0.4, 0.5) is 0 Å². The lowest BCUT2D eigenvalue weighted by Crippen LogP contribution is -2.50. The number of rotatable bonds is 5. The predicted molar refractivity (Wildman–Crippen MR) is 80.7 cm³/mol. The van der Waals surface area contributed by atoms with E-state index in [0.717, 1.165) is 49.6 Å². The summed E-state index contributed by atoms with van der Waals surface area (Å²) in [6.45, 7) is 5.21. The molecule has 0 aromatic carbocycles. The zero-order valence-electron chi connectivity index (χ0n) is 12.4. The van der Waals surface area contributed by atoms with Crippen LogP contribution in [0.2, 0.25) is 0 Å². The van der Waals surface area contributed by atoms with Crippen LogP contribution in [0.25, 0.3) is 0 Å². The van der Waals surface area contributed by atoms with Crippen molar-refractivity contribution in [3.8, 4) is 0 Å².